The first kappa shape index (κ1) is 21.5. The van der Waals surface area contributed by atoms with Gasteiger partial charge in [0, 0.05) is 6.61 Å². The summed E-state index contributed by atoms with van der Waals surface area (Å²) in [6.07, 6.45) is 12.8. The zero-order chi connectivity index (χ0) is 20.5. The minimum Gasteiger partial charge on any atom is -0.378 e. The fraction of sp³-hybridized carbons (Fsp3) is 0.600. The molecule has 0 bridgehead atoms. The highest BCUT2D eigenvalue weighted by molar-refractivity contribution is 5.33. The highest BCUT2D eigenvalue weighted by Gasteiger charge is 2.25. The Bertz CT molecular complexity index is 743. The monoisotopic (exact) mass is 394 g/mol. The zero-order valence-corrected chi connectivity index (χ0v) is 17.2. The summed E-state index contributed by atoms with van der Waals surface area (Å²) in [5.41, 5.74) is 2.08. The molecule has 154 valence electrons. The van der Waals surface area contributed by atoms with Crippen molar-refractivity contribution >= 4 is 0 Å². The van der Waals surface area contributed by atoms with Crippen molar-refractivity contribution in [1.29, 1.82) is 10.5 Å². The number of allylic oxidation sites excluding steroid dienone is 2. The Labute approximate surface area is 174 Å². The van der Waals surface area contributed by atoms with Crippen LogP contribution in [0.15, 0.2) is 36.2 Å². The number of benzene rings is 1. The van der Waals surface area contributed by atoms with Gasteiger partial charge in [0.1, 0.15) is 6.07 Å². The molecule has 0 aliphatic heterocycles. The molecular formula is C25H31FN2O. The lowest BCUT2D eigenvalue weighted by atomic mass is 9.80. The van der Waals surface area contributed by atoms with Crippen molar-refractivity contribution in [3.63, 3.8) is 0 Å². The Kier molecular flexibility index (Phi) is 8.26. The first-order valence-corrected chi connectivity index (χ1v) is 11.1. The van der Waals surface area contributed by atoms with E-state index in [-0.39, 0.29) is 0 Å². The van der Waals surface area contributed by atoms with E-state index < -0.39 is 5.83 Å². The van der Waals surface area contributed by atoms with Crippen molar-refractivity contribution in [2.45, 2.75) is 76.2 Å². The number of nitrogens with zero attached hydrogens (tertiary/aromatic N) is 2. The fourth-order valence-electron chi connectivity index (χ4n) is 4.84. The van der Waals surface area contributed by atoms with E-state index in [1.54, 1.807) is 6.07 Å². The van der Waals surface area contributed by atoms with Crippen LogP contribution in [-0.2, 0) is 4.74 Å². The molecule has 3 rings (SSSR count). The standard InChI is InChI=1S/C25H31FN2O/c26-24(17-28)3-1-2-19-4-6-21(7-5-19)18-29-25-14-12-23(13-15-25)22-10-8-20(16-27)9-11-22/h3,8-11,19,21,23,25H,1-2,4-7,12-15,18H2. The predicted molar refractivity (Wildman–Crippen MR) is 112 cm³/mol. The number of nitriles is 2. The molecule has 4 heteroatoms. The van der Waals surface area contributed by atoms with Crippen LogP contribution in [-0.4, -0.2) is 12.7 Å². The molecule has 0 radical (unpaired) electrons. The lowest BCUT2D eigenvalue weighted by Gasteiger charge is -2.32. The summed E-state index contributed by atoms with van der Waals surface area (Å²) in [4.78, 5) is 0. The highest BCUT2D eigenvalue weighted by Crippen LogP contribution is 2.36. The third kappa shape index (κ3) is 6.69. The zero-order valence-electron chi connectivity index (χ0n) is 17.2. The maximum Gasteiger partial charge on any atom is 0.196 e. The molecule has 0 aromatic heterocycles. The normalized spacial score (nSPS) is 27.8. The van der Waals surface area contributed by atoms with E-state index in [1.807, 2.05) is 12.1 Å². The van der Waals surface area contributed by atoms with Gasteiger partial charge in [0.05, 0.1) is 17.7 Å². The molecule has 0 unspecified atom stereocenters. The lowest BCUT2D eigenvalue weighted by molar-refractivity contribution is -0.00474. The van der Waals surface area contributed by atoms with Gasteiger partial charge in [0.2, 0.25) is 0 Å². The Morgan fingerprint density at radius 1 is 0.966 bits per heavy atom. The molecule has 0 amide bonds. The van der Waals surface area contributed by atoms with Gasteiger partial charge in [0.15, 0.2) is 5.83 Å². The molecule has 0 atom stereocenters. The van der Waals surface area contributed by atoms with Crippen molar-refractivity contribution in [3.8, 4) is 12.1 Å². The van der Waals surface area contributed by atoms with Gasteiger partial charge >= 0.3 is 0 Å². The third-order valence-electron chi connectivity index (χ3n) is 6.72. The summed E-state index contributed by atoms with van der Waals surface area (Å²) in [5, 5.41) is 17.4. The minimum absolute atomic E-state index is 0.390. The van der Waals surface area contributed by atoms with Crippen LogP contribution in [0.2, 0.25) is 0 Å². The van der Waals surface area contributed by atoms with Crippen molar-refractivity contribution < 1.29 is 9.13 Å². The Hall–Kier alpha value is -2.17. The van der Waals surface area contributed by atoms with E-state index in [4.69, 9.17) is 15.3 Å². The van der Waals surface area contributed by atoms with E-state index in [2.05, 4.69) is 18.2 Å². The average molecular weight is 395 g/mol. The van der Waals surface area contributed by atoms with E-state index in [9.17, 15) is 4.39 Å². The Balaban J connectivity index is 1.31. The molecule has 2 aliphatic carbocycles. The summed E-state index contributed by atoms with van der Waals surface area (Å²) in [6.45, 7) is 0.877. The molecule has 1 aromatic rings. The van der Waals surface area contributed by atoms with Gasteiger partial charge < -0.3 is 4.74 Å². The predicted octanol–water partition coefficient (Wildman–Crippen LogP) is 6.56. The van der Waals surface area contributed by atoms with Crippen molar-refractivity contribution in [2.75, 3.05) is 6.61 Å². The second-order valence-electron chi connectivity index (χ2n) is 8.67. The van der Waals surface area contributed by atoms with Gasteiger partial charge in [-0.15, -0.1) is 0 Å². The van der Waals surface area contributed by atoms with Crippen LogP contribution >= 0.6 is 0 Å². The van der Waals surface area contributed by atoms with E-state index in [0.717, 1.165) is 44.3 Å². The van der Waals surface area contributed by atoms with Gasteiger partial charge in [-0.3, -0.25) is 0 Å². The number of halogens is 1. The quantitative estimate of drug-likeness (QED) is 0.492. The van der Waals surface area contributed by atoms with E-state index in [0.29, 0.717) is 30.3 Å². The molecule has 2 aliphatic rings. The fourth-order valence-corrected chi connectivity index (χ4v) is 4.84. The number of ether oxygens (including phenoxy) is 1. The van der Waals surface area contributed by atoms with Crippen molar-refractivity contribution in [1.82, 2.24) is 0 Å². The van der Waals surface area contributed by atoms with E-state index in [1.165, 1.54) is 37.3 Å². The maximum absolute atomic E-state index is 12.8. The van der Waals surface area contributed by atoms with Crippen LogP contribution in [0.25, 0.3) is 0 Å². The third-order valence-corrected chi connectivity index (χ3v) is 6.72. The molecular weight excluding hydrogens is 363 g/mol. The summed E-state index contributed by atoms with van der Waals surface area (Å²) in [7, 11) is 0. The molecule has 3 nitrogen and oxygen atoms in total. The van der Waals surface area contributed by atoms with Gasteiger partial charge in [-0.05, 0) is 92.9 Å². The average Bonchev–Trinajstić information content (AvgIpc) is 2.79. The van der Waals surface area contributed by atoms with Crippen molar-refractivity contribution in [2.24, 2.45) is 11.8 Å². The molecule has 29 heavy (non-hydrogen) atoms. The van der Waals surface area contributed by atoms with Crippen LogP contribution < -0.4 is 0 Å². The largest absolute Gasteiger partial charge is 0.378 e. The topological polar surface area (TPSA) is 56.8 Å². The van der Waals surface area contributed by atoms with Crippen LogP contribution in [0.4, 0.5) is 4.39 Å². The first-order chi connectivity index (χ1) is 14.2. The van der Waals surface area contributed by atoms with Crippen LogP contribution in [0.1, 0.15) is 81.3 Å². The summed E-state index contributed by atoms with van der Waals surface area (Å²) in [5.74, 6) is 1.27. The summed E-state index contributed by atoms with van der Waals surface area (Å²) >= 11 is 0. The first-order valence-electron chi connectivity index (χ1n) is 11.1. The second-order valence-corrected chi connectivity index (χ2v) is 8.67. The Morgan fingerprint density at radius 3 is 2.24 bits per heavy atom. The van der Waals surface area contributed by atoms with Crippen LogP contribution in [0.3, 0.4) is 0 Å². The molecule has 2 saturated carbocycles. The number of hydrogen-bond acceptors (Lipinski definition) is 3. The molecule has 0 N–H and O–H groups in total. The van der Waals surface area contributed by atoms with E-state index >= 15 is 0 Å². The number of hydrogen-bond donors (Lipinski definition) is 0. The highest BCUT2D eigenvalue weighted by atomic mass is 19.1. The SMILES string of the molecule is N#CC(F)=CCCC1CCC(COC2CCC(c3ccc(C#N)cc3)CC2)CC1. The molecule has 0 saturated heterocycles. The van der Waals surface area contributed by atoms with Crippen LogP contribution in [0.5, 0.6) is 0 Å². The molecule has 2 fully saturated rings. The minimum atomic E-state index is -0.652. The Morgan fingerprint density at radius 2 is 1.62 bits per heavy atom. The molecule has 1 aromatic carbocycles. The second kappa shape index (κ2) is 11.1. The van der Waals surface area contributed by atoms with Gasteiger partial charge in [-0.25, -0.2) is 0 Å². The van der Waals surface area contributed by atoms with Crippen molar-refractivity contribution in [3.05, 3.63) is 47.3 Å². The van der Waals surface area contributed by atoms with Crippen LogP contribution in [0, 0.1) is 34.5 Å². The van der Waals surface area contributed by atoms with Gasteiger partial charge in [-0.2, -0.15) is 14.9 Å². The summed E-state index contributed by atoms with van der Waals surface area (Å²) < 4.78 is 19.1. The maximum atomic E-state index is 12.8. The smallest absolute Gasteiger partial charge is 0.196 e. The lowest BCUT2D eigenvalue weighted by Crippen LogP contribution is -2.25. The van der Waals surface area contributed by atoms with Gasteiger partial charge in [0.25, 0.3) is 0 Å². The molecule has 0 heterocycles. The summed E-state index contributed by atoms with van der Waals surface area (Å²) in [6, 6.07) is 11.8. The van der Waals surface area contributed by atoms with Gasteiger partial charge in [-0.1, -0.05) is 25.0 Å². The number of rotatable bonds is 7. The molecule has 0 spiro atoms.